The molecule has 2 fully saturated rings. The number of aromatic amines is 1. The number of H-pyrrole nitrogens is 1. The number of pyridine rings is 1. The number of fused-ring (bicyclic) bond motifs is 2. The summed E-state index contributed by atoms with van der Waals surface area (Å²) in [6.07, 6.45) is 3.66. The maximum atomic E-state index is 11.8. The first-order chi connectivity index (χ1) is 17.1. The van der Waals surface area contributed by atoms with Gasteiger partial charge in [0.25, 0.3) is 0 Å². The summed E-state index contributed by atoms with van der Waals surface area (Å²) >= 11 is 0.989. The van der Waals surface area contributed by atoms with E-state index in [1.54, 1.807) is 6.26 Å². The first kappa shape index (κ1) is 23.2. The van der Waals surface area contributed by atoms with E-state index >= 15 is 0 Å². The van der Waals surface area contributed by atoms with Crippen molar-refractivity contribution in [2.75, 3.05) is 63.6 Å². The normalized spacial score (nSPS) is 19.1. The number of nitrogens with one attached hydrogen (secondary N) is 1. The van der Waals surface area contributed by atoms with Crippen molar-refractivity contribution in [1.29, 1.82) is 0 Å². The van der Waals surface area contributed by atoms with Crippen LogP contribution in [0.15, 0.2) is 30.5 Å². The lowest BCUT2D eigenvalue weighted by Gasteiger charge is -2.33. The molecule has 0 radical (unpaired) electrons. The summed E-state index contributed by atoms with van der Waals surface area (Å²) in [4.78, 5) is 11.5. The average molecular weight is 511 g/mol. The van der Waals surface area contributed by atoms with Gasteiger partial charge < -0.3 is 14.2 Å². The van der Waals surface area contributed by atoms with Crippen LogP contribution in [0.4, 0.5) is 5.82 Å². The molecule has 2 saturated heterocycles. The minimum absolute atomic E-state index is 0.727. The highest BCUT2D eigenvalue weighted by atomic mass is 32.2. The van der Waals surface area contributed by atoms with Gasteiger partial charge in [-0.2, -0.15) is 5.10 Å². The third-order valence-corrected chi connectivity index (χ3v) is 9.52. The van der Waals surface area contributed by atoms with E-state index in [-0.39, 0.29) is 0 Å². The molecule has 8 nitrogen and oxygen atoms in total. The zero-order valence-electron chi connectivity index (χ0n) is 20.1. The second-order valence-electron chi connectivity index (χ2n) is 9.22. The van der Waals surface area contributed by atoms with Crippen molar-refractivity contribution in [2.45, 2.75) is 13.5 Å². The van der Waals surface area contributed by atoms with E-state index in [1.807, 2.05) is 17.5 Å². The maximum Gasteiger partial charge on any atom is 0.147 e. The Labute approximate surface area is 212 Å². The highest BCUT2D eigenvalue weighted by Crippen LogP contribution is 2.40. The topological polar surface area (TPSA) is 83.6 Å². The van der Waals surface area contributed by atoms with Crippen molar-refractivity contribution in [3.05, 3.63) is 40.9 Å². The summed E-state index contributed by atoms with van der Waals surface area (Å²) in [5, 5.41) is 9.72. The zero-order chi connectivity index (χ0) is 23.9. The monoisotopic (exact) mass is 510 g/mol. The molecule has 5 heterocycles. The van der Waals surface area contributed by atoms with Crippen molar-refractivity contribution in [2.24, 2.45) is 0 Å². The number of hydrogen-bond donors (Lipinski definition) is 1. The number of aryl methyl sites for hydroxylation is 1. The Hall–Kier alpha value is -2.21. The minimum atomic E-state index is -0.886. The van der Waals surface area contributed by atoms with Crippen LogP contribution in [0, 0.1) is 6.92 Å². The number of nitrogens with zero attached hydrogens (tertiary/aromatic N) is 5. The first-order valence-electron chi connectivity index (χ1n) is 12.1. The zero-order valence-corrected chi connectivity index (χ0v) is 21.8. The highest BCUT2D eigenvalue weighted by molar-refractivity contribution is 7.88. The maximum absolute atomic E-state index is 11.8. The lowest BCUT2D eigenvalue weighted by atomic mass is 10.0. The summed E-state index contributed by atoms with van der Waals surface area (Å²) in [6, 6.07) is 8.50. The third kappa shape index (κ3) is 4.43. The average Bonchev–Trinajstić information content (AvgIpc) is 3.49. The molecule has 10 heteroatoms. The summed E-state index contributed by atoms with van der Waals surface area (Å²) in [5.41, 5.74) is 4.44. The van der Waals surface area contributed by atoms with Crippen LogP contribution in [0.1, 0.15) is 10.4 Å². The van der Waals surface area contributed by atoms with Gasteiger partial charge in [0.2, 0.25) is 0 Å². The van der Waals surface area contributed by atoms with E-state index in [1.165, 1.54) is 20.5 Å². The standard InChI is InChI=1S/C25H30N6O2S2/c1-17-19-14-22(18-4-3-5-21-20(18)15-26-28-21)27-25(30-10-12-33-13-11-30)24(19)34-23(17)16-29-6-8-31(9-7-29)35(2)32/h3-5,14-15H,6-13,16H2,1-2H3,(H,26,28). The summed E-state index contributed by atoms with van der Waals surface area (Å²) in [7, 11) is 0. The number of anilines is 1. The molecule has 6 rings (SSSR count). The second-order valence-corrected chi connectivity index (χ2v) is 11.7. The van der Waals surface area contributed by atoms with Crippen LogP contribution in [-0.4, -0.2) is 87.7 Å². The number of thiophene rings is 1. The molecule has 0 aliphatic carbocycles. The molecular weight excluding hydrogens is 480 g/mol. The Morgan fingerprint density at radius 1 is 1.11 bits per heavy atom. The van der Waals surface area contributed by atoms with Crippen LogP contribution in [0.3, 0.4) is 0 Å². The Kier molecular flexibility index (Phi) is 6.42. The Morgan fingerprint density at radius 2 is 1.91 bits per heavy atom. The van der Waals surface area contributed by atoms with Crippen LogP contribution in [0.25, 0.3) is 32.2 Å². The quantitative estimate of drug-likeness (QED) is 0.412. The van der Waals surface area contributed by atoms with Gasteiger partial charge in [0, 0.05) is 65.3 Å². The van der Waals surface area contributed by atoms with Gasteiger partial charge in [-0.1, -0.05) is 12.1 Å². The van der Waals surface area contributed by atoms with Gasteiger partial charge in [0.05, 0.1) is 48.4 Å². The molecular formula is C25H30N6O2S2. The molecule has 4 aromatic rings. The van der Waals surface area contributed by atoms with Crippen LogP contribution < -0.4 is 4.90 Å². The fourth-order valence-electron chi connectivity index (χ4n) is 5.07. The van der Waals surface area contributed by atoms with E-state index in [2.05, 4.69) is 55.5 Å². The molecule has 2 aliphatic heterocycles. The van der Waals surface area contributed by atoms with Crippen LogP contribution in [-0.2, 0) is 22.6 Å². The predicted octanol–water partition coefficient (Wildman–Crippen LogP) is 3.40. The minimum Gasteiger partial charge on any atom is -0.598 e. The summed E-state index contributed by atoms with van der Waals surface area (Å²) in [6.45, 7) is 9.91. The highest BCUT2D eigenvalue weighted by Gasteiger charge is 2.26. The smallest absolute Gasteiger partial charge is 0.147 e. The van der Waals surface area contributed by atoms with Gasteiger partial charge in [-0.3, -0.25) is 10.00 Å². The van der Waals surface area contributed by atoms with Gasteiger partial charge in [-0.15, -0.1) is 15.6 Å². The number of piperazine rings is 1. The van der Waals surface area contributed by atoms with Crippen molar-refractivity contribution >= 4 is 49.5 Å². The van der Waals surface area contributed by atoms with E-state index in [0.717, 1.165) is 87.0 Å². The number of benzene rings is 1. The second kappa shape index (κ2) is 9.68. The molecule has 0 saturated carbocycles. The molecule has 2 aliphatic rings. The first-order valence-corrected chi connectivity index (χ1v) is 14.4. The number of ether oxygens (including phenoxy) is 1. The van der Waals surface area contributed by atoms with Crippen molar-refractivity contribution in [3.8, 4) is 11.3 Å². The Balaban J connectivity index is 1.41. The molecule has 1 aromatic carbocycles. The molecule has 35 heavy (non-hydrogen) atoms. The Bertz CT molecular complexity index is 1340. The molecule has 1 atom stereocenters. The van der Waals surface area contributed by atoms with Gasteiger partial charge in [0.15, 0.2) is 0 Å². The summed E-state index contributed by atoms with van der Waals surface area (Å²) < 4.78 is 20.8. The van der Waals surface area contributed by atoms with Crippen LogP contribution in [0.5, 0.6) is 0 Å². The Morgan fingerprint density at radius 3 is 2.69 bits per heavy atom. The van der Waals surface area contributed by atoms with E-state index in [9.17, 15) is 4.55 Å². The fraction of sp³-hybridized carbons (Fsp3) is 0.440. The molecule has 184 valence electrons. The van der Waals surface area contributed by atoms with Crippen LogP contribution in [0.2, 0.25) is 0 Å². The van der Waals surface area contributed by atoms with Gasteiger partial charge in [-0.05, 0) is 24.6 Å². The molecule has 1 N–H and O–H groups in total. The molecule has 1 unspecified atom stereocenters. The third-order valence-electron chi connectivity index (χ3n) is 7.14. The van der Waals surface area contributed by atoms with Crippen molar-refractivity contribution in [1.82, 2.24) is 24.4 Å². The fourth-order valence-corrected chi connectivity index (χ4v) is 7.09. The lowest BCUT2D eigenvalue weighted by molar-refractivity contribution is 0.122. The molecule has 3 aromatic heterocycles. The van der Waals surface area contributed by atoms with Gasteiger partial charge in [0.1, 0.15) is 12.1 Å². The largest absolute Gasteiger partial charge is 0.598 e. The number of hydrogen-bond acceptors (Lipinski definition) is 8. The van der Waals surface area contributed by atoms with E-state index in [4.69, 9.17) is 9.72 Å². The predicted molar refractivity (Wildman–Crippen MR) is 143 cm³/mol. The summed E-state index contributed by atoms with van der Waals surface area (Å²) in [5.74, 6) is 1.06. The van der Waals surface area contributed by atoms with E-state index < -0.39 is 11.4 Å². The van der Waals surface area contributed by atoms with Crippen molar-refractivity contribution < 1.29 is 9.29 Å². The van der Waals surface area contributed by atoms with Crippen LogP contribution >= 0.6 is 11.3 Å². The van der Waals surface area contributed by atoms with E-state index in [0.29, 0.717) is 0 Å². The van der Waals surface area contributed by atoms with Crippen molar-refractivity contribution in [3.63, 3.8) is 0 Å². The molecule has 0 bridgehead atoms. The number of rotatable bonds is 5. The molecule has 0 amide bonds. The lowest BCUT2D eigenvalue weighted by Crippen LogP contribution is -2.47. The SMILES string of the molecule is Cc1c(CN2CCN([S+](C)[O-])CC2)sc2c(N3CCOCC3)nc(-c3cccc4[nH]ncc34)cc12. The molecule has 0 spiro atoms. The number of aromatic nitrogens is 3. The number of morpholine rings is 1. The van der Waals surface area contributed by atoms with Gasteiger partial charge >= 0.3 is 0 Å². The van der Waals surface area contributed by atoms with Gasteiger partial charge in [-0.25, -0.2) is 4.98 Å².